The van der Waals surface area contributed by atoms with Gasteiger partial charge in [-0.1, -0.05) is 39.0 Å². The first-order valence-electron chi connectivity index (χ1n) is 9.33. The lowest BCUT2D eigenvalue weighted by Gasteiger charge is -2.43. The van der Waals surface area contributed by atoms with E-state index in [9.17, 15) is 9.59 Å². The van der Waals surface area contributed by atoms with Crippen LogP contribution in [0.3, 0.4) is 0 Å². The fourth-order valence-electron chi connectivity index (χ4n) is 4.06. The van der Waals surface area contributed by atoms with Gasteiger partial charge in [0.05, 0.1) is 0 Å². The van der Waals surface area contributed by atoms with Crippen molar-refractivity contribution in [1.82, 2.24) is 4.90 Å². The normalized spacial score (nSPS) is 27.1. The van der Waals surface area contributed by atoms with Gasteiger partial charge >= 0.3 is 6.09 Å². The third-order valence-electron chi connectivity index (χ3n) is 5.12. The van der Waals surface area contributed by atoms with E-state index in [2.05, 4.69) is 6.92 Å². The maximum absolute atomic E-state index is 12.7. The summed E-state index contributed by atoms with van der Waals surface area (Å²) in [5, 5.41) is 0. The van der Waals surface area contributed by atoms with Gasteiger partial charge in [-0.3, -0.25) is 4.79 Å². The molecule has 1 saturated heterocycles. The van der Waals surface area contributed by atoms with Crippen molar-refractivity contribution in [1.29, 1.82) is 0 Å². The third kappa shape index (κ3) is 5.22. The molecule has 1 aliphatic carbocycles. The fraction of sp³-hybridized carbons (Fsp3) is 0.895. The third-order valence-corrected chi connectivity index (χ3v) is 5.12. The van der Waals surface area contributed by atoms with Crippen LogP contribution in [0.25, 0.3) is 0 Å². The Morgan fingerprint density at radius 2 is 1.74 bits per heavy atom. The van der Waals surface area contributed by atoms with Gasteiger partial charge in [0.25, 0.3) is 0 Å². The Labute approximate surface area is 140 Å². The molecule has 4 nitrogen and oxygen atoms in total. The van der Waals surface area contributed by atoms with E-state index in [1.807, 2.05) is 25.7 Å². The molecule has 2 aliphatic rings. The largest absolute Gasteiger partial charge is 0.444 e. The molecule has 0 N–H and O–H groups in total. The zero-order chi connectivity index (χ0) is 17.0. The summed E-state index contributed by atoms with van der Waals surface area (Å²) >= 11 is 0. The van der Waals surface area contributed by atoms with Crippen LogP contribution in [0.1, 0.15) is 85.5 Å². The highest BCUT2D eigenvalue weighted by Gasteiger charge is 2.40. The van der Waals surface area contributed by atoms with Crippen LogP contribution in [0.15, 0.2) is 0 Å². The zero-order valence-corrected chi connectivity index (χ0v) is 15.3. The smallest absolute Gasteiger partial charge is 0.410 e. The quantitative estimate of drug-likeness (QED) is 0.756. The molecule has 1 heterocycles. The van der Waals surface area contributed by atoms with Crippen molar-refractivity contribution < 1.29 is 14.3 Å². The molecule has 23 heavy (non-hydrogen) atoms. The van der Waals surface area contributed by atoms with Gasteiger partial charge in [-0.2, -0.15) is 0 Å². The number of hydrogen-bond donors (Lipinski definition) is 0. The summed E-state index contributed by atoms with van der Waals surface area (Å²) in [6.07, 6.45) is 8.90. The van der Waals surface area contributed by atoms with Crippen LogP contribution >= 0.6 is 0 Å². The first kappa shape index (κ1) is 18.3. The molecule has 0 bridgehead atoms. The summed E-state index contributed by atoms with van der Waals surface area (Å²) in [7, 11) is 0. The Hall–Kier alpha value is -1.06. The van der Waals surface area contributed by atoms with Crippen LogP contribution in [-0.2, 0) is 9.53 Å². The van der Waals surface area contributed by atoms with E-state index in [-0.39, 0.29) is 18.2 Å². The van der Waals surface area contributed by atoms with Gasteiger partial charge in [0.2, 0.25) is 0 Å². The molecular formula is C19H33NO3. The number of amides is 1. The minimum Gasteiger partial charge on any atom is -0.444 e. The van der Waals surface area contributed by atoms with Gasteiger partial charge in [0, 0.05) is 24.9 Å². The second-order valence-corrected chi connectivity index (χ2v) is 8.29. The van der Waals surface area contributed by atoms with E-state index in [1.54, 1.807) is 0 Å². The summed E-state index contributed by atoms with van der Waals surface area (Å²) in [5.74, 6) is 0.958. The first-order valence-corrected chi connectivity index (χ1v) is 9.33. The monoisotopic (exact) mass is 323 g/mol. The number of likely N-dealkylation sites (tertiary alicyclic amines) is 1. The van der Waals surface area contributed by atoms with E-state index >= 15 is 0 Å². The molecule has 2 fully saturated rings. The number of piperidine rings is 1. The van der Waals surface area contributed by atoms with Crippen LogP contribution in [0.2, 0.25) is 0 Å². The Morgan fingerprint density at radius 1 is 1.13 bits per heavy atom. The Morgan fingerprint density at radius 3 is 2.30 bits per heavy atom. The van der Waals surface area contributed by atoms with Crippen molar-refractivity contribution in [2.24, 2.45) is 5.92 Å². The standard InChI is InChI=1S/C19H33NO3/c1-5-15-12-17(21)13-16(11-14-9-7-6-8-10-14)20(15)18(22)23-19(2,3)4/h14-16H,5-13H2,1-4H3. The van der Waals surface area contributed by atoms with Crippen molar-refractivity contribution in [3.05, 3.63) is 0 Å². The highest BCUT2D eigenvalue weighted by atomic mass is 16.6. The number of ether oxygens (including phenoxy) is 1. The summed E-state index contributed by atoms with van der Waals surface area (Å²) in [6.45, 7) is 7.75. The predicted molar refractivity (Wildman–Crippen MR) is 91.4 cm³/mol. The minimum absolute atomic E-state index is 0.000287. The lowest BCUT2D eigenvalue weighted by molar-refractivity contribution is -0.125. The number of rotatable bonds is 3. The summed E-state index contributed by atoms with van der Waals surface area (Å²) in [5.41, 5.74) is -0.494. The van der Waals surface area contributed by atoms with Crippen LogP contribution in [0.4, 0.5) is 4.79 Å². The van der Waals surface area contributed by atoms with Gasteiger partial charge in [-0.25, -0.2) is 4.79 Å². The lowest BCUT2D eigenvalue weighted by Crippen LogP contribution is -2.54. The number of hydrogen-bond acceptors (Lipinski definition) is 3. The van der Waals surface area contributed by atoms with Crippen molar-refractivity contribution in [2.75, 3.05) is 0 Å². The van der Waals surface area contributed by atoms with E-state index in [1.165, 1.54) is 32.1 Å². The van der Waals surface area contributed by atoms with Crippen LogP contribution in [-0.4, -0.2) is 34.5 Å². The van der Waals surface area contributed by atoms with Gasteiger partial charge in [-0.15, -0.1) is 0 Å². The van der Waals surface area contributed by atoms with E-state index < -0.39 is 5.60 Å². The molecule has 2 rings (SSSR count). The van der Waals surface area contributed by atoms with Gasteiger partial charge < -0.3 is 9.64 Å². The van der Waals surface area contributed by atoms with E-state index in [4.69, 9.17) is 4.74 Å². The van der Waals surface area contributed by atoms with Gasteiger partial charge in [0.1, 0.15) is 11.4 Å². The second kappa shape index (κ2) is 7.67. The molecule has 0 aromatic carbocycles. The fourth-order valence-corrected chi connectivity index (χ4v) is 4.06. The molecule has 1 aliphatic heterocycles. The number of nitrogens with zero attached hydrogens (tertiary/aromatic N) is 1. The highest BCUT2D eigenvalue weighted by Crippen LogP contribution is 2.34. The number of carbonyl (C=O) groups is 2. The number of ketones is 1. The zero-order valence-electron chi connectivity index (χ0n) is 15.3. The summed E-state index contributed by atoms with van der Waals surface area (Å²) in [4.78, 5) is 26.8. The molecule has 0 spiro atoms. The predicted octanol–water partition coefficient (Wildman–Crippen LogP) is 4.70. The Balaban J connectivity index is 2.12. The molecule has 132 valence electrons. The molecule has 0 aromatic heterocycles. The first-order chi connectivity index (χ1) is 10.8. The molecule has 1 saturated carbocycles. The average molecular weight is 323 g/mol. The van der Waals surface area contributed by atoms with Crippen molar-refractivity contribution in [3.63, 3.8) is 0 Å². The van der Waals surface area contributed by atoms with Gasteiger partial charge in [-0.05, 0) is 39.5 Å². The average Bonchev–Trinajstić information content (AvgIpc) is 2.45. The van der Waals surface area contributed by atoms with Crippen LogP contribution in [0, 0.1) is 5.92 Å². The molecule has 2 unspecified atom stereocenters. The lowest BCUT2D eigenvalue weighted by atomic mass is 9.81. The number of Topliss-reactive ketones (excluding diaryl/α,β-unsaturated/α-hetero) is 1. The Bertz CT molecular complexity index is 421. The molecule has 4 heteroatoms. The minimum atomic E-state index is -0.494. The van der Waals surface area contributed by atoms with Crippen molar-refractivity contribution >= 4 is 11.9 Å². The van der Waals surface area contributed by atoms with Crippen molar-refractivity contribution in [3.8, 4) is 0 Å². The molecule has 0 aromatic rings. The molecule has 0 radical (unpaired) electrons. The van der Waals surface area contributed by atoms with E-state index in [0.29, 0.717) is 24.5 Å². The highest BCUT2D eigenvalue weighted by molar-refractivity contribution is 5.83. The Kier molecular flexibility index (Phi) is 6.10. The van der Waals surface area contributed by atoms with Gasteiger partial charge in [0.15, 0.2) is 0 Å². The topological polar surface area (TPSA) is 46.6 Å². The van der Waals surface area contributed by atoms with Crippen LogP contribution in [0.5, 0.6) is 0 Å². The van der Waals surface area contributed by atoms with Crippen LogP contribution < -0.4 is 0 Å². The molecule has 1 amide bonds. The van der Waals surface area contributed by atoms with E-state index in [0.717, 1.165) is 12.8 Å². The maximum atomic E-state index is 12.7. The number of carbonyl (C=O) groups excluding carboxylic acids is 2. The summed E-state index contributed by atoms with van der Waals surface area (Å²) < 4.78 is 5.64. The van der Waals surface area contributed by atoms with Crippen molar-refractivity contribution in [2.45, 2.75) is 103 Å². The second-order valence-electron chi connectivity index (χ2n) is 8.29. The molecular weight excluding hydrogens is 290 g/mol. The molecule has 2 atom stereocenters. The maximum Gasteiger partial charge on any atom is 0.410 e. The summed E-state index contributed by atoms with van der Waals surface area (Å²) in [6, 6.07) is 0.0267. The SMILES string of the molecule is CCC1CC(=O)CC(CC2CCCCC2)N1C(=O)OC(C)(C)C.